The second-order valence-corrected chi connectivity index (χ2v) is 8.19. The Kier molecular flexibility index (Phi) is 7.51. The van der Waals surface area contributed by atoms with Crippen LogP contribution in [0.5, 0.6) is 11.5 Å². The van der Waals surface area contributed by atoms with Gasteiger partial charge in [-0.1, -0.05) is 6.07 Å². The Hall–Kier alpha value is -4.68. The van der Waals surface area contributed by atoms with Gasteiger partial charge in [0.25, 0.3) is 5.91 Å². The first-order valence-corrected chi connectivity index (χ1v) is 11.7. The van der Waals surface area contributed by atoms with Crippen LogP contribution in [0.2, 0.25) is 0 Å². The van der Waals surface area contributed by atoms with E-state index in [0.717, 1.165) is 5.56 Å². The lowest BCUT2D eigenvalue weighted by Gasteiger charge is -2.12. The number of rotatable bonds is 11. The molecule has 4 aromatic rings. The number of ether oxygens (including phenoxy) is 2. The molecule has 1 amide bonds. The van der Waals surface area contributed by atoms with Crippen molar-refractivity contribution in [2.45, 2.75) is 40.9 Å². The third kappa shape index (κ3) is 5.77. The fraction of sp³-hybridized carbons (Fsp3) is 0.333. The lowest BCUT2D eigenvalue weighted by molar-refractivity contribution is -0.386. The molecule has 0 fully saturated rings. The van der Waals surface area contributed by atoms with Gasteiger partial charge in [0.05, 0.1) is 36.6 Å². The molecule has 0 aliphatic rings. The molecule has 0 saturated heterocycles. The van der Waals surface area contributed by atoms with Crippen molar-refractivity contribution in [3.8, 4) is 11.5 Å². The topological polar surface area (TPSA) is 144 Å². The van der Waals surface area contributed by atoms with Crippen LogP contribution in [0, 0.1) is 24.0 Å². The second-order valence-electron chi connectivity index (χ2n) is 8.19. The van der Waals surface area contributed by atoms with Crippen molar-refractivity contribution < 1.29 is 19.2 Å². The predicted molar refractivity (Wildman–Crippen MR) is 134 cm³/mol. The highest BCUT2D eigenvalue weighted by Crippen LogP contribution is 2.29. The molecule has 3 aromatic heterocycles. The van der Waals surface area contributed by atoms with Crippen molar-refractivity contribution in [3.63, 3.8) is 0 Å². The van der Waals surface area contributed by atoms with Gasteiger partial charge >= 0.3 is 5.69 Å². The van der Waals surface area contributed by atoms with Crippen molar-refractivity contribution in [2.75, 3.05) is 18.5 Å². The molecule has 1 N–H and O–H groups in total. The van der Waals surface area contributed by atoms with Gasteiger partial charge in [0.15, 0.2) is 17.2 Å². The van der Waals surface area contributed by atoms with Gasteiger partial charge in [-0.15, -0.1) is 0 Å². The van der Waals surface area contributed by atoms with E-state index >= 15 is 0 Å². The first kappa shape index (κ1) is 25.4. The first-order chi connectivity index (χ1) is 17.8. The van der Waals surface area contributed by atoms with Gasteiger partial charge in [-0.3, -0.25) is 24.3 Å². The molecule has 0 radical (unpaired) electrons. The van der Waals surface area contributed by atoms with Crippen molar-refractivity contribution in [1.29, 1.82) is 0 Å². The largest absolute Gasteiger partial charge is 0.490 e. The van der Waals surface area contributed by atoms with Crippen LogP contribution in [-0.2, 0) is 13.2 Å². The Morgan fingerprint density at radius 2 is 1.84 bits per heavy atom. The molecule has 0 aliphatic heterocycles. The number of aryl methyl sites for hydroxylation is 1. The van der Waals surface area contributed by atoms with Crippen molar-refractivity contribution >= 4 is 17.3 Å². The summed E-state index contributed by atoms with van der Waals surface area (Å²) in [4.78, 5) is 23.5. The fourth-order valence-corrected chi connectivity index (χ4v) is 3.88. The van der Waals surface area contributed by atoms with Crippen LogP contribution in [0.1, 0.15) is 41.3 Å². The summed E-state index contributed by atoms with van der Waals surface area (Å²) in [5, 5.41) is 26.8. The van der Waals surface area contributed by atoms with E-state index in [1.807, 2.05) is 32.0 Å². The molecule has 13 nitrogen and oxygen atoms in total. The number of hydrogen-bond donors (Lipinski definition) is 1. The first-order valence-electron chi connectivity index (χ1n) is 11.7. The lowest BCUT2D eigenvalue weighted by Crippen LogP contribution is -2.15. The van der Waals surface area contributed by atoms with Crippen LogP contribution in [0.4, 0.5) is 11.4 Å². The Morgan fingerprint density at radius 3 is 2.54 bits per heavy atom. The zero-order valence-electron chi connectivity index (χ0n) is 21.0. The van der Waals surface area contributed by atoms with E-state index in [-0.39, 0.29) is 18.1 Å². The number of carbonyl (C=O) groups excluding carboxylic acids is 1. The number of anilines is 1. The maximum absolute atomic E-state index is 12.7. The second kappa shape index (κ2) is 10.9. The normalized spacial score (nSPS) is 10.9. The zero-order chi connectivity index (χ0) is 26.5. The number of nitrogens with zero attached hydrogens (tertiary/aromatic N) is 7. The number of nitro groups is 1. The molecular formula is C24H28N8O5. The zero-order valence-corrected chi connectivity index (χ0v) is 21.0. The molecule has 4 rings (SSSR count). The average Bonchev–Trinajstić information content (AvgIpc) is 3.56. The van der Waals surface area contributed by atoms with Crippen LogP contribution >= 0.6 is 0 Å². The molecule has 0 spiro atoms. The van der Waals surface area contributed by atoms with E-state index < -0.39 is 10.8 Å². The molecule has 3 heterocycles. The molecule has 37 heavy (non-hydrogen) atoms. The number of benzene rings is 1. The van der Waals surface area contributed by atoms with Gasteiger partial charge in [0.1, 0.15) is 18.1 Å². The van der Waals surface area contributed by atoms with E-state index in [2.05, 4.69) is 20.6 Å². The Bertz CT molecular complexity index is 1420. The summed E-state index contributed by atoms with van der Waals surface area (Å²) < 4.78 is 16.0. The minimum Gasteiger partial charge on any atom is -0.490 e. The van der Waals surface area contributed by atoms with E-state index in [1.54, 1.807) is 43.2 Å². The summed E-state index contributed by atoms with van der Waals surface area (Å²) in [6.45, 7) is 8.73. The fourth-order valence-electron chi connectivity index (χ4n) is 3.88. The highest BCUT2D eigenvalue weighted by Gasteiger charge is 2.22. The SMILES string of the molecule is CCOc1ccc(Cn2cc(NC(=O)c3ccn(Cn4nc(C)c([N+](=O)[O-])c4C)n3)cn2)cc1OCC. The maximum Gasteiger partial charge on any atom is 0.312 e. The van der Waals surface area contributed by atoms with Gasteiger partial charge in [-0.25, -0.2) is 4.68 Å². The number of nitrogens with one attached hydrogen (secondary N) is 1. The van der Waals surface area contributed by atoms with Crippen LogP contribution in [-0.4, -0.2) is 53.4 Å². The third-order valence-electron chi connectivity index (χ3n) is 5.52. The molecule has 1 aromatic carbocycles. The summed E-state index contributed by atoms with van der Waals surface area (Å²) in [5.41, 5.74) is 2.39. The highest BCUT2D eigenvalue weighted by molar-refractivity contribution is 6.02. The van der Waals surface area contributed by atoms with E-state index in [1.165, 1.54) is 9.36 Å². The number of amides is 1. The molecule has 0 aliphatic carbocycles. The van der Waals surface area contributed by atoms with Gasteiger partial charge < -0.3 is 14.8 Å². The summed E-state index contributed by atoms with van der Waals surface area (Å²) >= 11 is 0. The summed E-state index contributed by atoms with van der Waals surface area (Å²) in [5.74, 6) is 0.961. The monoisotopic (exact) mass is 508 g/mol. The smallest absolute Gasteiger partial charge is 0.312 e. The Labute approximate surface area is 212 Å². The number of hydrogen-bond acceptors (Lipinski definition) is 8. The third-order valence-corrected chi connectivity index (χ3v) is 5.52. The van der Waals surface area contributed by atoms with E-state index in [0.29, 0.717) is 48.3 Å². The Balaban J connectivity index is 1.39. The minimum absolute atomic E-state index is 0.0264. The van der Waals surface area contributed by atoms with E-state index in [4.69, 9.17) is 9.47 Å². The summed E-state index contributed by atoms with van der Waals surface area (Å²) in [7, 11) is 0. The standard InChI is InChI=1S/C24H28N8O5/c1-5-36-21-8-7-18(11-22(21)37-6-2)13-30-14-19(12-25-30)26-24(33)20-9-10-29(28-20)15-31-17(4)23(32(34)35)16(3)27-31/h7-12,14H,5-6,13,15H2,1-4H3,(H,26,33). The van der Waals surface area contributed by atoms with Gasteiger partial charge in [-0.05, 0) is 51.5 Å². The van der Waals surface area contributed by atoms with Gasteiger partial charge in [-0.2, -0.15) is 15.3 Å². The summed E-state index contributed by atoms with van der Waals surface area (Å²) in [6, 6.07) is 7.29. The van der Waals surface area contributed by atoms with Crippen LogP contribution in [0.15, 0.2) is 42.9 Å². The van der Waals surface area contributed by atoms with E-state index in [9.17, 15) is 14.9 Å². The molecule has 13 heteroatoms. The van der Waals surface area contributed by atoms with Crippen LogP contribution in [0.3, 0.4) is 0 Å². The lowest BCUT2D eigenvalue weighted by atomic mass is 10.2. The molecule has 0 bridgehead atoms. The highest BCUT2D eigenvalue weighted by atomic mass is 16.6. The molecular weight excluding hydrogens is 480 g/mol. The number of carbonyl (C=O) groups is 1. The van der Waals surface area contributed by atoms with Crippen LogP contribution in [0.25, 0.3) is 0 Å². The van der Waals surface area contributed by atoms with Gasteiger partial charge in [0.2, 0.25) is 0 Å². The number of aromatic nitrogens is 6. The summed E-state index contributed by atoms with van der Waals surface area (Å²) in [6.07, 6.45) is 4.89. The van der Waals surface area contributed by atoms with Crippen molar-refractivity contribution in [2.24, 2.45) is 0 Å². The molecule has 0 unspecified atom stereocenters. The van der Waals surface area contributed by atoms with Crippen molar-refractivity contribution in [3.05, 3.63) is 75.6 Å². The molecule has 0 saturated carbocycles. The average molecular weight is 509 g/mol. The predicted octanol–water partition coefficient (Wildman–Crippen LogP) is 3.40. The maximum atomic E-state index is 12.7. The quantitative estimate of drug-likeness (QED) is 0.240. The molecule has 0 atom stereocenters. The van der Waals surface area contributed by atoms with Gasteiger partial charge in [0, 0.05) is 12.4 Å². The minimum atomic E-state index is -0.454. The van der Waals surface area contributed by atoms with Crippen molar-refractivity contribution in [1.82, 2.24) is 29.3 Å². The Morgan fingerprint density at radius 1 is 1.08 bits per heavy atom. The molecule has 194 valence electrons. The van der Waals surface area contributed by atoms with Crippen LogP contribution < -0.4 is 14.8 Å².